The first-order chi connectivity index (χ1) is 5.52. The fourth-order valence-corrected chi connectivity index (χ4v) is 3.47. The van der Waals surface area contributed by atoms with Crippen LogP contribution in [0.25, 0.3) is 0 Å². The van der Waals surface area contributed by atoms with Gasteiger partial charge in [-0.1, -0.05) is 0 Å². The Morgan fingerprint density at radius 3 is 1.83 bits per heavy atom. The molecule has 1 rings (SSSR count). The third-order valence-corrected chi connectivity index (χ3v) is 3.51. The second-order valence-corrected chi connectivity index (χ2v) is 5.04. The van der Waals surface area contributed by atoms with E-state index in [0.29, 0.717) is 12.8 Å². The zero-order valence-corrected chi connectivity index (χ0v) is 9.17. The number of hydrogen-bond acceptors (Lipinski definition) is 1. The quantitative estimate of drug-likeness (QED) is 0.516. The van der Waals surface area contributed by atoms with E-state index in [2.05, 4.69) is 0 Å². The number of carbonyl (C=O) groups is 1. The van der Waals surface area contributed by atoms with E-state index in [1.807, 2.05) is 0 Å². The first-order valence-corrected chi connectivity index (χ1v) is 5.32. The Labute approximate surface area is 91.3 Å². The van der Waals surface area contributed by atoms with Gasteiger partial charge >= 0.3 is 0 Å². The first-order valence-electron chi connectivity index (χ1n) is 3.64. The molecule has 12 heavy (non-hydrogen) atoms. The van der Waals surface area contributed by atoms with Gasteiger partial charge in [0.1, 0.15) is 0 Å². The van der Waals surface area contributed by atoms with Gasteiger partial charge in [-0.3, -0.25) is 4.79 Å². The van der Waals surface area contributed by atoms with Crippen molar-refractivity contribution >= 4 is 51.6 Å². The molecule has 2 atom stereocenters. The standard InChI is InChI=1S/C7H8Cl4O/c8-3-1-4(9)6(7(11)12)5(10)2-3/h3-6H,1-2H2. The highest BCUT2D eigenvalue weighted by Gasteiger charge is 2.38. The maximum atomic E-state index is 10.9. The van der Waals surface area contributed by atoms with E-state index in [9.17, 15) is 4.79 Å². The molecule has 0 aliphatic heterocycles. The monoisotopic (exact) mass is 248 g/mol. The van der Waals surface area contributed by atoms with Crippen LogP contribution >= 0.6 is 46.4 Å². The maximum absolute atomic E-state index is 10.9. The Morgan fingerprint density at radius 1 is 1.08 bits per heavy atom. The molecule has 1 fully saturated rings. The van der Waals surface area contributed by atoms with Crippen molar-refractivity contribution in [3.05, 3.63) is 0 Å². The lowest BCUT2D eigenvalue weighted by molar-refractivity contribution is -0.115. The van der Waals surface area contributed by atoms with Crippen molar-refractivity contribution < 1.29 is 4.79 Å². The van der Waals surface area contributed by atoms with Crippen molar-refractivity contribution in [2.45, 2.75) is 29.0 Å². The van der Waals surface area contributed by atoms with Crippen molar-refractivity contribution in [1.29, 1.82) is 0 Å². The predicted molar refractivity (Wildman–Crippen MR) is 52.5 cm³/mol. The van der Waals surface area contributed by atoms with E-state index in [0.717, 1.165) is 0 Å². The van der Waals surface area contributed by atoms with Gasteiger partial charge in [0.05, 0.1) is 5.92 Å². The highest BCUT2D eigenvalue weighted by molar-refractivity contribution is 6.65. The molecule has 1 aliphatic carbocycles. The van der Waals surface area contributed by atoms with Crippen molar-refractivity contribution in [2.75, 3.05) is 0 Å². The van der Waals surface area contributed by atoms with Crippen molar-refractivity contribution in [1.82, 2.24) is 0 Å². The lowest BCUT2D eigenvalue weighted by Gasteiger charge is -2.31. The van der Waals surface area contributed by atoms with Crippen LogP contribution in [-0.2, 0) is 4.79 Å². The number of halogens is 4. The van der Waals surface area contributed by atoms with E-state index >= 15 is 0 Å². The van der Waals surface area contributed by atoms with E-state index in [1.165, 1.54) is 0 Å². The summed E-state index contributed by atoms with van der Waals surface area (Å²) < 4.78 is 0. The van der Waals surface area contributed by atoms with Gasteiger partial charge in [-0.05, 0) is 24.4 Å². The molecule has 0 bridgehead atoms. The summed E-state index contributed by atoms with van der Waals surface area (Å²) in [5, 5.41) is -1.15. The Bertz CT molecular complexity index is 172. The smallest absolute Gasteiger partial charge is 0.227 e. The summed E-state index contributed by atoms with van der Waals surface area (Å²) in [5.41, 5.74) is 0. The van der Waals surface area contributed by atoms with Gasteiger partial charge in [-0.25, -0.2) is 0 Å². The highest BCUT2D eigenvalue weighted by Crippen LogP contribution is 2.36. The zero-order chi connectivity index (χ0) is 9.30. The van der Waals surface area contributed by atoms with Crippen molar-refractivity contribution in [3.8, 4) is 0 Å². The number of carbonyl (C=O) groups excluding carboxylic acids is 1. The van der Waals surface area contributed by atoms with Crippen LogP contribution in [0.3, 0.4) is 0 Å². The van der Waals surface area contributed by atoms with Gasteiger partial charge in [-0.15, -0.1) is 34.8 Å². The number of rotatable bonds is 1. The zero-order valence-electron chi connectivity index (χ0n) is 6.14. The topological polar surface area (TPSA) is 17.1 Å². The Hall–Kier alpha value is 0.830. The molecule has 70 valence electrons. The highest BCUT2D eigenvalue weighted by atomic mass is 35.5. The molecule has 0 aromatic heterocycles. The molecule has 0 radical (unpaired) electrons. The second kappa shape index (κ2) is 4.36. The molecule has 1 saturated carbocycles. The largest absolute Gasteiger partial charge is 0.281 e. The summed E-state index contributed by atoms with van der Waals surface area (Å²) in [6, 6.07) is 0. The van der Waals surface area contributed by atoms with Crippen LogP contribution in [0.4, 0.5) is 0 Å². The molecule has 0 N–H and O–H groups in total. The van der Waals surface area contributed by atoms with Crippen molar-refractivity contribution in [2.24, 2.45) is 5.92 Å². The number of alkyl halides is 3. The summed E-state index contributed by atoms with van der Waals surface area (Å²) in [4.78, 5) is 10.9. The Balaban J connectivity index is 2.66. The molecule has 2 unspecified atom stereocenters. The van der Waals surface area contributed by atoms with E-state index in [1.54, 1.807) is 0 Å². The Morgan fingerprint density at radius 2 is 1.50 bits per heavy atom. The van der Waals surface area contributed by atoms with Gasteiger partial charge in [0.15, 0.2) is 0 Å². The van der Waals surface area contributed by atoms with E-state index in [4.69, 9.17) is 46.4 Å². The summed E-state index contributed by atoms with van der Waals surface area (Å²) in [5.74, 6) is -0.454. The second-order valence-electron chi connectivity index (χ2n) is 2.93. The average Bonchev–Trinajstić information content (AvgIpc) is 1.82. The van der Waals surface area contributed by atoms with Crippen LogP contribution in [0.5, 0.6) is 0 Å². The summed E-state index contributed by atoms with van der Waals surface area (Å²) in [6.07, 6.45) is 1.19. The average molecular weight is 250 g/mol. The molecular formula is C7H8Cl4O. The molecule has 1 nitrogen and oxygen atoms in total. The fourth-order valence-electron chi connectivity index (χ4n) is 1.39. The predicted octanol–water partition coefficient (Wildman–Crippen LogP) is 2.98. The lowest BCUT2D eigenvalue weighted by atomic mass is 9.89. The van der Waals surface area contributed by atoms with E-state index < -0.39 is 11.2 Å². The first kappa shape index (κ1) is 10.9. The number of hydrogen-bond donors (Lipinski definition) is 0. The summed E-state index contributed by atoms with van der Waals surface area (Å²) >= 11 is 23.0. The summed E-state index contributed by atoms with van der Waals surface area (Å²) in [6.45, 7) is 0. The van der Waals surface area contributed by atoms with Crippen LogP contribution in [-0.4, -0.2) is 21.4 Å². The van der Waals surface area contributed by atoms with Crippen LogP contribution in [0, 0.1) is 5.92 Å². The van der Waals surface area contributed by atoms with Crippen LogP contribution in [0.1, 0.15) is 12.8 Å². The third-order valence-electron chi connectivity index (χ3n) is 2.00. The lowest BCUT2D eigenvalue weighted by Crippen LogP contribution is -2.38. The van der Waals surface area contributed by atoms with Gasteiger partial charge < -0.3 is 0 Å². The SMILES string of the molecule is O=C(Cl)C1C(Cl)CC(Cl)CC1Cl. The molecule has 0 aromatic rings. The van der Waals surface area contributed by atoms with Crippen LogP contribution in [0.2, 0.25) is 0 Å². The molecule has 0 saturated heterocycles. The molecule has 0 spiro atoms. The van der Waals surface area contributed by atoms with Crippen molar-refractivity contribution in [3.63, 3.8) is 0 Å². The van der Waals surface area contributed by atoms with Crippen LogP contribution in [0.15, 0.2) is 0 Å². The minimum Gasteiger partial charge on any atom is -0.281 e. The van der Waals surface area contributed by atoms with Gasteiger partial charge in [0.2, 0.25) is 5.24 Å². The van der Waals surface area contributed by atoms with E-state index in [-0.39, 0.29) is 16.1 Å². The molecule has 0 amide bonds. The summed E-state index contributed by atoms with van der Waals surface area (Å²) in [7, 11) is 0. The van der Waals surface area contributed by atoms with Gasteiger partial charge in [-0.2, -0.15) is 0 Å². The Kier molecular flexibility index (Phi) is 3.97. The molecule has 0 heterocycles. The molecular weight excluding hydrogens is 242 g/mol. The molecule has 0 aromatic carbocycles. The maximum Gasteiger partial charge on any atom is 0.227 e. The molecule has 5 heteroatoms. The minimum absolute atomic E-state index is 0.0396. The van der Waals surface area contributed by atoms with Crippen LogP contribution < -0.4 is 0 Å². The normalized spacial score (nSPS) is 42.7. The molecule has 1 aliphatic rings. The third kappa shape index (κ3) is 2.41. The minimum atomic E-state index is -0.460. The van der Waals surface area contributed by atoms with Gasteiger partial charge in [0, 0.05) is 16.1 Å². The van der Waals surface area contributed by atoms with Gasteiger partial charge in [0.25, 0.3) is 0 Å². The fraction of sp³-hybridized carbons (Fsp3) is 0.857.